The van der Waals surface area contributed by atoms with Gasteiger partial charge in [0.2, 0.25) is 5.91 Å². The molecule has 4 rings (SSSR count). The van der Waals surface area contributed by atoms with Gasteiger partial charge in [0, 0.05) is 37.3 Å². The zero-order chi connectivity index (χ0) is 25.0. The first-order valence-electron chi connectivity index (χ1n) is 13.5. The van der Waals surface area contributed by atoms with Crippen LogP contribution in [-0.2, 0) is 4.79 Å². The smallest absolute Gasteiger partial charge is 0.247 e. The molecule has 1 aliphatic heterocycles. The monoisotopic (exact) mass is 474 g/mol. The second-order valence-corrected chi connectivity index (χ2v) is 10.6. The van der Waals surface area contributed by atoms with Crippen LogP contribution in [0.3, 0.4) is 0 Å². The number of likely N-dealkylation sites (tertiary alicyclic amines) is 1. The summed E-state index contributed by atoms with van der Waals surface area (Å²) in [5, 5.41) is 11.6. The Kier molecular flexibility index (Phi) is 8.01. The van der Waals surface area contributed by atoms with Crippen molar-refractivity contribution in [3.63, 3.8) is 0 Å². The van der Waals surface area contributed by atoms with Crippen molar-refractivity contribution >= 4 is 17.7 Å². The van der Waals surface area contributed by atoms with Crippen molar-refractivity contribution in [2.45, 2.75) is 77.4 Å². The van der Waals surface area contributed by atoms with E-state index in [0.717, 1.165) is 49.9 Å². The first-order valence-corrected chi connectivity index (χ1v) is 13.5. The van der Waals surface area contributed by atoms with Crippen LogP contribution >= 0.6 is 0 Å². The van der Waals surface area contributed by atoms with E-state index in [-0.39, 0.29) is 17.9 Å². The van der Waals surface area contributed by atoms with Gasteiger partial charge in [-0.3, -0.25) is 4.79 Å². The van der Waals surface area contributed by atoms with E-state index in [1.807, 2.05) is 11.0 Å². The van der Waals surface area contributed by atoms with Gasteiger partial charge in [-0.25, -0.2) is 0 Å². The van der Waals surface area contributed by atoms with Crippen molar-refractivity contribution < 1.29 is 9.90 Å². The van der Waals surface area contributed by atoms with Gasteiger partial charge in [0.05, 0.1) is 11.6 Å². The van der Waals surface area contributed by atoms with Gasteiger partial charge >= 0.3 is 0 Å². The molecule has 4 nitrogen and oxygen atoms in total. The van der Waals surface area contributed by atoms with E-state index in [2.05, 4.69) is 81.1 Å². The van der Waals surface area contributed by atoms with E-state index in [0.29, 0.717) is 18.9 Å². The van der Waals surface area contributed by atoms with Crippen LogP contribution in [0.25, 0.3) is 6.08 Å². The van der Waals surface area contributed by atoms with Crippen molar-refractivity contribution in [3.8, 4) is 0 Å². The number of hydrogen-bond donors (Lipinski definition) is 1. The van der Waals surface area contributed by atoms with Gasteiger partial charge in [0.1, 0.15) is 0 Å². The summed E-state index contributed by atoms with van der Waals surface area (Å²) in [5.41, 5.74) is 4.00. The van der Waals surface area contributed by atoms with Crippen LogP contribution in [0.1, 0.15) is 88.4 Å². The van der Waals surface area contributed by atoms with Crippen LogP contribution in [0.5, 0.6) is 0 Å². The van der Waals surface area contributed by atoms with E-state index in [9.17, 15) is 9.90 Å². The third kappa shape index (κ3) is 5.48. The minimum absolute atomic E-state index is 0.0309. The van der Waals surface area contributed by atoms with E-state index < -0.39 is 5.60 Å². The standard InChI is InChI=1S/C31H42N2O2/c1-5-32(6-2)27-17-15-26(16-18-27)30-28-9-7-8-20-31(28,35)21-22-33(30)29(34)19-12-24-10-13-25(14-11-24)23(3)4/h10-19,23,28,30,35H,5-9,20-22H2,1-4H3/b19-12+/t28-,30+,31+/m0/s1. The number of nitrogens with zero attached hydrogens (tertiary/aromatic N) is 2. The largest absolute Gasteiger partial charge is 0.389 e. The number of rotatable bonds is 7. The van der Waals surface area contributed by atoms with Gasteiger partial charge in [-0.1, -0.05) is 63.1 Å². The third-order valence-corrected chi connectivity index (χ3v) is 8.24. The molecule has 0 unspecified atom stereocenters. The van der Waals surface area contributed by atoms with Crippen LogP contribution in [0, 0.1) is 5.92 Å². The van der Waals surface area contributed by atoms with Gasteiger partial charge in [0.15, 0.2) is 0 Å². The zero-order valence-electron chi connectivity index (χ0n) is 21.9. The molecule has 1 aliphatic carbocycles. The quantitative estimate of drug-likeness (QED) is 0.462. The molecule has 0 bridgehead atoms. The molecule has 2 aromatic carbocycles. The Hall–Kier alpha value is -2.59. The molecular formula is C31H42N2O2. The highest BCUT2D eigenvalue weighted by Gasteiger charge is 2.49. The van der Waals surface area contributed by atoms with Crippen molar-refractivity contribution in [1.82, 2.24) is 4.90 Å². The number of carbonyl (C=O) groups is 1. The van der Waals surface area contributed by atoms with Gasteiger partial charge in [-0.2, -0.15) is 0 Å². The normalized spacial score (nSPS) is 24.6. The molecule has 3 atom stereocenters. The fourth-order valence-electron chi connectivity index (χ4n) is 6.07. The van der Waals surface area contributed by atoms with Crippen LogP contribution in [0.4, 0.5) is 5.69 Å². The fraction of sp³-hybridized carbons (Fsp3) is 0.516. The highest BCUT2D eigenvalue weighted by Crippen LogP contribution is 2.49. The zero-order valence-corrected chi connectivity index (χ0v) is 21.9. The lowest BCUT2D eigenvalue weighted by Crippen LogP contribution is -2.56. The maximum Gasteiger partial charge on any atom is 0.247 e. The lowest BCUT2D eigenvalue weighted by molar-refractivity contribution is -0.150. The number of amides is 1. The Morgan fingerprint density at radius 3 is 2.37 bits per heavy atom. The van der Waals surface area contributed by atoms with E-state index in [4.69, 9.17) is 0 Å². The average Bonchev–Trinajstić information content (AvgIpc) is 2.87. The molecule has 188 valence electrons. The molecule has 2 aromatic rings. The second-order valence-electron chi connectivity index (χ2n) is 10.6. The second kappa shape index (κ2) is 11.0. The number of aliphatic hydroxyl groups is 1. The molecule has 1 saturated carbocycles. The molecule has 0 radical (unpaired) electrons. The van der Waals surface area contributed by atoms with Gasteiger partial charge < -0.3 is 14.9 Å². The number of carbonyl (C=O) groups excluding carboxylic acids is 1. The molecule has 4 heteroatoms. The summed E-state index contributed by atoms with van der Waals surface area (Å²) in [4.78, 5) is 17.9. The van der Waals surface area contributed by atoms with Crippen molar-refractivity contribution in [3.05, 3.63) is 71.3 Å². The summed E-state index contributed by atoms with van der Waals surface area (Å²) in [6.07, 6.45) is 8.29. The van der Waals surface area contributed by atoms with Gasteiger partial charge in [-0.15, -0.1) is 0 Å². The third-order valence-electron chi connectivity index (χ3n) is 8.24. The number of benzene rings is 2. The molecule has 1 N–H and O–H groups in total. The first kappa shape index (κ1) is 25.5. The lowest BCUT2D eigenvalue weighted by atomic mass is 9.66. The van der Waals surface area contributed by atoms with E-state index in [1.54, 1.807) is 6.08 Å². The average molecular weight is 475 g/mol. The molecule has 35 heavy (non-hydrogen) atoms. The van der Waals surface area contributed by atoms with Gasteiger partial charge in [0.25, 0.3) is 0 Å². The molecular weight excluding hydrogens is 432 g/mol. The van der Waals surface area contributed by atoms with Crippen LogP contribution < -0.4 is 4.90 Å². The Morgan fingerprint density at radius 2 is 1.74 bits per heavy atom. The number of fused-ring (bicyclic) bond motifs is 1. The Labute approximate surface area is 211 Å². The Balaban J connectivity index is 1.61. The Bertz CT molecular complexity index is 1010. The highest BCUT2D eigenvalue weighted by molar-refractivity contribution is 5.92. The highest BCUT2D eigenvalue weighted by atomic mass is 16.3. The molecule has 1 heterocycles. The van der Waals surface area contributed by atoms with E-state index in [1.165, 1.54) is 11.3 Å². The van der Waals surface area contributed by atoms with Gasteiger partial charge in [-0.05, 0) is 73.9 Å². The molecule has 1 saturated heterocycles. The minimum Gasteiger partial charge on any atom is -0.389 e. The summed E-state index contributed by atoms with van der Waals surface area (Å²) in [6, 6.07) is 17.0. The summed E-state index contributed by atoms with van der Waals surface area (Å²) in [7, 11) is 0. The van der Waals surface area contributed by atoms with Crippen molar-refractivity contribution in [2.24, 2.45) is 5.92 Å². The van der Waals surface area contributed by atoms with Crippen LogP contribution in [0.15, 0.2) is 54.6 Å². The van der Waals surface area contributed by atoms with Crippen molar-refractivity contribution in [2.75, 3.05) is 24.5 Å². The molecule has 1 amide bonds. The van der Waals surface area contributed by atoms with Crippen LogP contribution in [0.2, 0.25) is 0 Å². The topological polar surface area (TPSA) is 43.8 Å². The number of anilines is 1. The number of hydrogen-bond acceptors (Lipinski definition) is 3. The lowest BCUT2D eigenvalue weighted by Gasteiger charge is -2.52. The summed E-state index contributed by atoms with van der Waals surface area (Å²) >= 11 is 0. The summed E-state index contributed by atoms with van der Waals surface area (Å²) < 4.78 is 0. The Morgan fingerprint density at radius 1 is 1.06 bits per heavy atom. The fourth-order valence-corrected chi connectivity index (χ4v) is 6.07. The summed E-state index contributed by atoms with van der Waals surface area (Å²) in [6.45, 7) is 11.2. The molecule has 2 aliphatic rings. The number of piperidine rings is 1. The maximum absolute atomic E-state index is 13.5. The molecule has 2 fully saturated rings. The molecule has 0 spiro atoms. The SMILES string of the molecule is CCN(CC)c1ccc([C@@H]2[C@@H]3CCCC[C@@]3(O)CCN2C(=O)/C=C/c2ccc(C(C)C)cc2)cc1. The van der Waals surface area contributed by atoms with Crippen LogP contribution in [-0.4, -0.2) is 41.1 Å². The first-order chi connectivity index (χ1) is 16.9. The van der Waals surface area contributed by atoms with E-state index >= 15 is 0 Å². The van der Waals surface area contributed by atoms with Crippen molar-refractivity contribution in [1.29, 1.82) is 0 Å². The predicted molar refractivity (Wildman–Crippen MR) is 146 cm³/mol. The predicted octanol–water partition coefficient (Wildman–Crippen LogP) is 6.56. The maximum atomic E-state index is 13.5. The minimum atomic E-state index is -0.673. The molecule has 0 aromatic heterocycles. The summed E-state index contributed by atoms with van der Waals surface area (Å²) in [5.74, 6) is 0.599.